The Hall–Kier alpha value is -3.38. The van der Waals surface area contributed by atoms with E-state index in [9.17, 15) is 4.79 Å². The minimum Gasteiger partial charge on any atom is -0.494 e. The average molecular weight is 404 g/mol. The maximum atomic E-state index is 12.1. The predicted molar refractivity (Wildman–Crippen MR) is 117 cm³/mol. The molecule has 0 atom stereocenters. The van der Waals surface area contributed by atoms with Crippen LogP contribution in [0.4, 0.5) is 5.69 Å². The van der Waals surface area contributed by atoms with Crippen molar-refractivity contribution in [3.05, 3.63) is 72.8 Å². The van der Waals surface area contributed by atoms with Gasteiger partial charge in [-0.3, -0.25) is 4.79 Å². The van der Waals surface area contributed by atoms with E-state index in [1.165, 1.54) is 0 Å². The van der Waals surface area contributed by atoms with Gasteiger partial charge in [-0.1, -0.05) is 12.1 Å². The van der Waals surface area contributed by atoms with Gasteiger partial charge in [-0.15, -0.1) is 11.3 Å². The van der Waals surface area contributed by atoms with Gasteiger partial charge in [-0.2, -0.15) is 0 Å². The van der Waals surface area contributed by atoms with Crippen LogP contribution in [-0.4, -0.2) is 24.1 Å². The molecule has 1 aromatic heterocycles. The number of aromatic nitrogens is 1. The Labute approximate surface area is 172 Å². The fraction of sp³-hybridized carbons (Fsp3) is 0.130. The Morgan fingerprint density at radius 1 is 0.931 bits per heavy atom. The Bertz CT molecular complexity index is 1070. The Balaban J connectivity index is 1.33. The number of nitrogens with one attached hydrogen (secondary N) is 1. The summed E-state index contributed by atoms with van der Waals surface area (Å²) >= 11 is 1.65. The number of hydrogen-bond acceptors (Lipinski definition) is 5. The molecule has 0 spiro atoms. The molecule has 0 fully saturated rings. The Morgan fingerprint density at radius 2 is 1.62 bits per heavy atom. The van der Waals surface area contributed by atoms with E-state index in [0.29, 0.717) is 18.0 Å². The lowest BCUT2D eigenvalue weighted by atomic mass is 10.2. The third-order valence-electron chi connectivity index (χ3n) is 4.21. The fourth-order valence-corrected chi connectivity index (χ4v) is 3.81. The second-order valence-electron chi connectivity index (χ2n) is 6.31. The van der Waals surface area contributed by atoms with Gasteiger partial charge in [0.2, 0.25) is 0 Å². The van der Waals surface area contributed by atoms with Crippen molar-refractivity contribution in [2.45, 2.75) is 6.92 Å². The van der Waals surface area contributed by atoms with Crippen molar-refractivity contribution in [1.29, 1.82) is 0 Å². The summed E-state index contributed by atoms with van der Waals surface area (Å²) in [6, 6.07) is 22.9. The highest BCUT2D eigenvalue weighted by Gasteiger charge is 2.07. The first-order valence-corrected chi connectivity index (χ1v) is 10.1. The summed E-state index contributed by atoms with van der Waals surface area (Å²) in [4.78, 5) is 16.8. The molecule has 0 aliphatic heterocycles. The van der Waals surface area contributed by atoms with Crippen LogP contribution in [0.1, 0.15) is 6.92 Å². The van der Waals surface area contributed by atoms with Crippen molar-refractivity contribution >= 4 is 33.1 Å². The monoisotopic (exact) mass is 404 g/mol. The van der Waals surface area contributed by atoms with Gasteiger partial charge in [0.05, 0.1) is 16.8 Å². The molecular weight excluding hydrogens is 384 g/mol. The van der Waals surface area contributed by atoms with Crippen LogP contribution in [0.5, 0.6) is 11.5 Å². The highest BCUT2D eigenvalue weighted by Crippen LogP contribution is 2.30. The van der Waals surface area contributed by atoms with E-state index in [4.69, 9.17) is 9.47 Å². The van der Waals surface area contributed by atoms with Gasteiger partial charge in [0.15, 0.2) is 6.61 Å². The van der Waals surface area contributed by atoms with Crippen LogP contribution in [0.25, 0.3) is 20.8 Å². The number of carbonyl (C=O) groups excluding carboxylic acids is 1. The van der Waals surface area contributed by atoms with E-state index in [-0.39, 0.29) is 12.5 Å². The summed E-state index contributed by atoms with van der Waals surface area (Å²) in [7, 11) is 0. The normalized spacial score (nSPS) is 10.7. The van der Waals surface area contributed by atoms with Gasteiger partial charge in [-0.05, 0) is 67.6 Å². The second kappa shape index (κ2) is 8.75. The lowest BCUT2D eigenvalue weighted by molar-refractivity contribution is -0.118. The molecule has 0 saturated carbocycles. The van der Waals surface area contributed by atoms with E-state index in [0.717, 1.165) is 26.5 Å². The Kier molecular flexibility index (Phi) is 5.72. The zero-order valence-electron chi connectivity index (χ0n) is 15.9. The van der Waals surface area contributed by atoms with Crippen LogP contribution >= 0.6 is 11.3 Å². The molecular formula is C23H20N2O3S. The molecule has 4 aromatic rings. The molecule has 0 bridgehead atoms. The molecule has 0 unspecified atom stereocenters. The SMILES string of the molecule is CCOc1ccc(NC(=O)COc2ccc(-c3nc4ccccc4s3)cc2)cc1. The van der Waals surface area contributed by atoms with Gasteiger partial charge in [-0.25, -0.2) is 4.98 Å². The van der Waals surface area contributed by atoms with Crippen molar-refractivity contribution in [2.75, 3.05) is 18.5 Å². The maximum Gasteiger partial charge on any atom is 0.262 e. The molecule has 0 saturated heterocycles. The van der Waals surface area contributed by atoms with E-state index in [1.54, 1.807) is 23.5 Å². The zero-order valence-corrected chi connectivity index (χ0v) is 16.7. The molecule has 4 rings (SSSR count). The summed E-state index contributed by atoms with van der Waals surface area (Å²) in [5, 5.41) is 3.77. The number of benzene rings is 3. The summed E-state index contributed by atoms with van der Waals surface area (Å²) in [5.74, 6) is 1.19. The molecule has 6 heteroatoms. The molecule has 29 heavy (non-hydrogen) atoms. The molecule has 0 aliphatic carbocycles. The quantitative estimate of drug-likeness (QED) is 0.449. The summed E-state index contributed by atoms with van der Waals surface area (Å²) in [5.41, 5.74) is 2.73. The largest absolute Gasteiger partial charge is 0.494 e. The predicted octanol–water partition coefficient (Wildman–Crippen LogP) is 5.38. The summed E-state index contributed by atoms with van der Waals surface area (Å²) < 4.78 is 12.1. The minimum absolute atomic E-state index is 0.0618. The summed E-state index contributed by atoms with van der Waals surface area (Å²) in [6.07, 6.45) is 0. The van der Waals surface area contributed by atoms with Gasteiger partial charge in [0, 0.05) is 11.3 Å². The molecule has 146 valence electrons. The molecule has 5 nitrogen and oxygen atoms in total. The number of nitrogens with zero attached hydrogens (tertiary/aromatic N) is 1. The number of anilines is 1. The van der Waals surface area contributed by atoms with Gasteiger partial charge < -0.3 is 14.8 Å². The number of carbonyl (C=O) groups is 1. The number of amides is 1. The fourth-order valence-electron chi connectivity index (χ4n) is 2.84. The highest BCUT2D eigenvalue weighted by molar-refractivity contribution is 7.21. The first-order valence-electron chi connectivity index (χ1n) is 9.33. The van der Waals surface area contributed by atoms with Crippen LogP contribution in [-0.2, 0) is 4.79 Å². The number of thiazole rings is 1. The number of fused-ring (bicyclic) bond motifs is 1. The van der Waals surface area contributed by atoms with Crippen LogP contribution in [0.15, 0.2) is 72.8 Å². The summed E-state index contributed by atoms with van der Waals surface area (Å²) in [6.45, 7) is 2.48. The Morgan fingerprint density at radius 3 is 2.34 bits per heavy atom. The topological polar surface area (TPSA) is 60.5 Å². The molecule has 1 heterocycles. The van der Waals surface area contributed by atoms with Crippen LogP contribution in [0.3, 0.4) is 0 Å². The lowest BCUT2D eigenvalue weighted by Gasteiger charge is -2.09. The van der Waals surface area contributed by atoms with Gasteiger partial charge in [0.25, 0.3) is 5.91 Å². The second-order valence-corrected chi connectivity index (χ2v) is 7.34. The van der Waals surface area contributed by atoms with Gasteiger partial charge >= 0.3 is 0 Å². The lowest BCUT2D eigenvalue weighted by Crippen LogP contribution is -2.20. The van der Waals surface area contributed by atoms with Crippen molar-refractivity contribution in [1.82, 2.24) is 4.98 Å². The molecule has 1 N–H and O–H groups in total. The molecule has 3 aromatic carbocycles. The van der Waals surface area contributed by atoms with Crippen LogP contribution in [0.2, 0.25) is 0 Å². The highest BCUT2D eigenvalue weighted by atomic mass is 32.1. The number of rotatable bonds is 7. The first kappa shape index (κ1) is 19.0. The van der Waals surface area contributed by atoms with E-state index >= 15 is 0 Å². The van der Waals surface area contributed by atoms with E-state index in [1.807, 2.05) is 61.5 Å². The van der Waals surface area contributed by atoms with Crippen LogP contribution < -0.4 is 14.8 Å². The minimum atomic E-state index is -0.218. The third kappa shape index (κ3) is 4.73. The number of ether oxygens (including phenoxy) is 2. The molecule has 0 aliphatic rings. The molecule has 0 radical (unpaired) electrons. The smallest absolute Gasteiger partial charge is 0.262 e. The van der Waals surface area contributed by atoms with E-state index < -0.39 is 0 Å². The maximum absolute atomic E-state index is 12.1. The van der Waals surface area contributed by atoms with Crippen molar-refractivity contribution in [2.24, 2.45) is 0 Å². The van der Waals surface area contributed by atoms with Crippen molar-refractivity contribution in [3.8, 4) is 22.1 Å². The standard InChI is InChI=1S/C23H20N2O3S/c1-2-27-18-13-9-17(10-14-18)24-22(26)15-28-19-11-7-16(8-12-19)23-25-20-5-3-4-6-21(20)29-23/h3-14H,2,15H2,1H3,(H,24,26). The molecule has 1 amide bonds. The number of para-hydroxylation sites is 1. The third-order valence-corrected chi connectivity index (χ3v) is 5.30. The van der Waals surface area contributed by atoms with Gasteiger partial charge in [0.1, 0.15) is 16.5 Å². The van der Waals surface area contributed by atoms with E-state index in [2.05, 4.69) is 16.4 Å². The first-order chi connectivity index (χ1) is 14.2. The van der Waals surface area contributed by atoms with Crippen LogP contribution in [0, 0.1) is 0 Å². The average Bonchev–Trinajstić information content (AvgIpc) is 3.19. The number of hydrogen-bond donors (Lipinski definition) is 1. The van der Waals surface area contributed by atoms with Crippen molar-refractivity contribution in [3.63, 3.8) is 0 Å². The van der Waals surface area contributed by atoms with Crippen molar-refractivity contribution < 1.29 is 14.3 Å². The zero-order chi connectivity index (χ0) is 20.1.